The Morgan fingerprint density at radius 2 is 0.828 bits per heavy atom. The lowest BCUT2D eigenvalue weighted by molar-refractivity contribution is -0.312. The first-order chi connectivity index (χ1) is 54.7. The second-order valence-electron chi connectivity index (χ2n) is 35.5. The van der Waals surface area contributed by atoms with Crippen LogP contribution in [0.15, 0.2) is 109 Å². The molecule has 14 rings (SSSR count). The maximum Gasteiger partial charge on any atom is 0.508 e. The van der Waals surface area contributed by atoms with E-state index >= 15 is 0 Å². The van der Waals surface area contributed by atoms with Gasteiger partial charge >= 0.3 is 6.16 Å². The Labute approximate surface area is 712 Å². The number of hydrogen-bond acceptors (Lipinski definition) is 28. The Balaban J connectivity index is 0.000000159. The number of ether oxygens (including phenoxy) is 15. The highest BCUT2D eigenvalue weighted by Gasteiger charge is 2.58. The van der Waals surface area contributed by atoms with E-state index in [0.29, 0.717) is 32.3 Å². The standard InChI is InChI=1S/C30H30O6S.C17H34O4SSi.C16H32O5SSi.C15H20O4S.C8H16O4S/c1-18-26(27-25(34-29(18)37-2)17-32-28(35-27)19-10-4-3-5-11-19)36-30(31)33-16-24-22-14-8-6-12-20(22)21-13-7-9-15-23(21)24;1-11-13-14(21-17(5,6)20-13)12(19-15(11)22-7)10-18-23(8,9)16(2,3)4;1-15(2,3)23(7,8)18-9-10-12-13(21-16(4,5)20-12)11(17)14(19-10)22-6;1-9-12(16)13-11(18-15(9)20-2)8-17-14(19-13)10-6-4-3-5-7-10;1-4-6(10)7(11)5(3-9)12-8(4)13-2/h3-15,18,24-29H,16-17H2,1-2H3;11-15H,10H2,1-9H3;10-14,17H,9H2,1-8H3;3-7,9,11-16H,8H2,1-2H3;4-11H,3H2,1-2H3/t18?,25?,26-,27+,28?,29+;11?,12?,13-,14+,15+;10?,11?,12-,13+,14-;9?,11?,12-,13+,14?,15+;4?,5?,6-,7+,8+/m11011/s1. The van der Waals surface area contributed by atoms with E-state index in [9.17, 15) is 25.2 Å². The minimum Gasteiger partial charge on any atom is -0.433 e. The molecular weight excluding hydrogens is 1620 g/mol. The molecule has 0 aromatic heterocycles. The lowest BCUT2D eigenvalue weighted by atomic mass is 9.92. The third-order valence-corrected chi connectivity index (χ3v) is 38.3. The molecule has 9 fully saturated rings. The van der Waals surface area contributed by atoms with E-state index in [-0.39, 0.29) is 129 Å². The van der Waals surface area contributed by atoms with Gasteiger partial charge in [0, 0.05) is 40.7 Å². The van der Waals surface area contributed by atoms with Crippen LogP contribution in [0, 0.1) is 23.7 Å². The van der Waals surface area contributed by atoms with Crippen molar-refractivity contribution in [1.29, 1.82) is 0 Å². The van der Waals surface area contributed by atoms with Crippen molar-refractivity contribution in [3.8, 4) is 11.1 Å². The van der Waals surface area contributed by atoms with E-state index in [1.165, 1.54) is 34.7 Å². The molecule has 0 spiro atoms. The first-order valence-corrected chi connectivity index (χ1v) is 52.9. The Bertz CT molecular complexity index is 3550. The molecule has 4 aromatic carbocycles. The van der Waals surface area contributed by atoms with E-state index in [1.54, 1.807) is 35.3 Å². The fourth-order valence-electron chi connectivity index (χ4n) is 15.6. The van der Waals surface area contributed by atoms with Crippen LogP contribution in [0.3, 0.4) is 0 Å². The molecule has 1 aliphatic carbocycles. The minimum absolute atomic E-state index is 0.00766. The van der Waals surface area contributed by atoms with Crippen molar-refractivity contribution in [3.05, 3.63) is 131 Å². The van der Waals surface area contributed by atoms with Gasteiger partial charge in [0.2, 0.25) is 0 Å². The zero-order chi connectivity index (χ0) is 84.7. The highest BCUT2D eigenvalue weighted by Crippen LogP contribution is 2.49. The van der Waals surface area contributed by atoms with Crippen LogP contribution in [0.5, 0.6) is 0 Å². The molecule has 116 heavy (non-hydrogen) atoms. The summed E-state index contributed by atoms with van der Waals surface area (Å²) in [4.78, 5) is 13.1. The van der Waals surface area contributed by atoms with E-state index in [4.69, 9.17) is 85.0 Å². The lowest BCUT2D eigenvalue weighted by Gasteiger charge is -2.47. The van der Waals surface area contributed by atoms with Crippen LogP contribution in [0.4, 0.5) is 4.79 Å². The molecule has 30 heteroatoms. The van der Waals surface area contributed by atoms with Gasteiger partial charge in [-0.2, -0.15) is 0 Å². The molecule has 9 aliphatic heterocycles. The van der Waals surface area contributed by atoms with Crippen molar-refractivity contribution >= 4 is 81.6 Å². The highest BCUT2D eigenvalue weighted by molar-refractivity contribution is 7.99. The van der Waals surface area contributed by atoms with Crippen molar-refractivity contribution in [2.24, 2.45) is 23.7 Å². The number of carbonyl (C=O) groups is 1. The molecule has 27 atom stereocenters. The molecule has 0 amide bonds. The summed E-state index contributed by atoms with van der Waals surface area (Å²) in [6.07, 6.45) is 1.76. The molecule has 0 saturated carbocycles. The fourth-order valence-corrected chi connectivity index (χ4v) is 21.7. The van der Waals surface area contributed by atoms with E-state index in [0.717, 1.165) is 22.3 Å². The predicted octanol–water partition coefficient (Wildman–Crippen LogP) is 15.0. The highest BCUT2D eigenvalue weighted by atomic mass is 32.2. The normalized spacial score (nSPS) is 36.4. The van der Waals surface area contributed by atoms with Crippen molar-refractivity contribution in [3.63, 3.8) is 0 Å². The third-order valence-electron chi connectivity index (χ3n) is 24.4. The summed E-state index contributed by atoms with van der Waals surface area (Å²) in [7, 11) is -3.66. The van der Waals surface area contributed by atoms with Crippen molar-refractivity contribution in [2.45, 2.75) is 288 Å². The smallest absolute Gasteiger partial charge is 0.433 e. The van der Waals surface area contributed by atoms with Crippen LogP contribution in [-0.2, 0) is 79.9 Å². The van der Waals surface area contributed by atoms with Gasteiger partial charge in [-0.15, -0.1) is 58.8 Å². The monoisotopic (exact) mass is 1750 g/mol. The molecule has 0 radical (unpaired) electrons. The first-order valence-electron chi connectivity index (χ1n) is 40.6. The molecule has 0 bridgehead atoms. The first kappa shape index (κ1) is 95.8. The van der Waals surface area contributed by atoms with E-state index in [1.807, 2.05) is 158 Å². The van der Waals surface area contributed by atoms with Crippen molar-refractivity contribution in [1.82, 2.24) is 0 Å². The molecule has 652 valence electrons. The average Bonchev–Trinajstić information content (AvgIpc) is 1.58. The summed E-state index contributed by atoms with van der Waals surface area (Å²) in [6, 6.07) is 36.1. The number of carbonyl (C=O) groups excluding carboxylic acids is 1. The molecular formula is C86H132O23S5Si2. The quantitative estimate of drug-likeness (QED) is 0.0485. The van der Waals surface area contributed by atoms with Gasteiger partial charge in [0.15, 0.2) is 40.8 Å². The van der Waals surface area contributed by atoms with Gasteiger partial charge in [-0.25, -0.2) is 4.79 Å². The fraction of sp³-hybridized carbons (Fsp3) is 0.709. The van der Waals surface area contributed by atoms with Gasteiger partial charge in [-0.1, -0.05) is 178 Å². The average molecular weight is 1750 g/mol. The van der Waals surface area contributed by atoms with Crippen LogP contribution >= 0.6 is 58.8 Å². The van der Waals surface area contributed by atoms with Gasteiger partial charge in [0.05, 0.1) is 51.3 Å². The number of aliphatic hydroxyl groups is 5. The van der Waals surface area contributed by atoms with E-state index in [2.05, 4.69) is 105 Å². The summed E-state index contributed by atoms with van der Waals surface area (Å²) in [6.45, 7) is 40.0. The second-order valence-corrected chi connectivity index (χ2v) is 49.8. The Morgan fingerprint density at radius 3 is 1.30 bits per heavy atom. The largest absolute Gasteiger partial charge is 0.508 e. The zero-order valence-electron chi connectivity index (χ0n) is 71.9. The second kappa shape index (κ2) is 41.1. The lowest BCUT2D eigenvalue weighted by Crippen LogP contribution is -2.59. The van der Waals surface area contributed by atoms with Crippen molar-refractivity contribution in [2.75, 3.05) is 70.9 Å². The number of fused-ring (bicyclic) bond motifs is 7. The van der Waals surface area contributed by atoms with Gasteiger partial charge in [-0.3, -0.25) is 0 Å². The molecule has 12 unspecified atom stereocenters. The molecule has 5 N–H and O–H groups in total. The number of aliphatic hydroxyl groups excluding tert-OH is 5. The Hall–Kier alpha value is -2.47. The Morgan fingerprint density at radius 1 is 0.440 bits per heavy atom. The topological polar surface area (TPSA) is 275 Å². The number of hydrogen-bond donors (Lipinski definition) is 5. The van der Waals surface area contributed by atoms with E-state index < -0.39 is 89.7 Å². The molecule has 9 saturated heterocycles. The summed E-state index contributed by atoms with van der Waals surface area (Å²) in [5.74, 6) is -1.14. The zero-order valence-corrected chi connectivity index (χ0v) is 78.0. The minimum atomic E-state index is -1.86. The van der Waals surface area contributed by atoms with Gasteiger partial charge < -0.3 is 105 Å². The number of rotatable bonds is 17. The summed E-state index contributed by atoms with van der Waals surface area (Å²) < 4.78 is 103. The van der Waals surface area contributed by atoms with Gasteiger partial charge in [0.1, 0.15) is 113 Å². The van der Waals surface area contributed by atoms with Gasteiger partial charge in [-0.05, 0) is 117 Å². The molecule has 10 aliphatic rings. The molecule has 9 heterocycles. The Kier molecular flexibility index (Phi) is 33.9. The summed E-state index contributed by atoms with van der Waals surface area (Å²) >= 11 is 7.92. The van der Waals surface area contributed by atoms with Crippen LogP contribution < -0.4 is 0 Å². The van der Waals surface area contributed by atoms with Crippen LogP contribution in [-0.4, -0.2) is 256 Å². The predicted molar refractivity (Wildman–Crippen MR) is 463 cm³/mol. The number of thioether (sulfide) groups is 5. The third kappa shape index (κ3) is 22.8. The molecule has 23 nitrogen and oxygen atoms in total. The maximum absolute atomic E-state index is 13.1. The van der Waals surface area contributed by atoms with Crippen LogP contribution in [0.2, 0.25) is 36.3 Å². The SMILES string of the molecule is CS[C@@H]1OC(CO)[C@H](O)[C@H](O)C1C.CS[C@@H]1OC(CO[Si](C)(C)C(C)(C)C)[C@@H]2OC(C)(C)O[C@@H]2C1C.CS[C@@H]1OC(CO[Si](C)(C)C(C)(C)C)[C@@H]2OC(C)(C)O[C@@H]2C1O.CS[C@@H]1OC2COC(c3ccccc3)O[C@@H]2[C@H](O)C1C.CS[C@@H]1OC2COC(c3ccccc3)O[C@@H]2[C@H](OC(=O)OCC2c3ccccc3-c3ccccc32)C1C. The molecule has 4 aromatic rings. The van der Waals surface area contributed by atoms with Gasteiger partial charge in [0.25, 0.3) is 0 Å². The maximum atomic E-state index is 13.1. The number of benzene rings is 4. The van der Waals surface area contributed by atoms with Crippen molar-refractivity contribution < 1.29 is 110 Å². The summed E-state index contributed by atoms with van der Waals surface area (Å²) in [5.41, 5.74) is 6.09. The van der Waals surface area contributed by atoms with Crippen LogP contribution in [0.1, 0.15) is 138 Å². The van der Waals surface area contributed by atoms with Crippen LogP contribution in [0.25, 0.3) is 11.1 Å². The summed E-state index contributed by atoms with van der Waals surface area (Å²) in [5, 5.41) is 49.2.